The highest BCUT2D eigenvalue weighted by Gasteiger charge is 2.33. The van der Waals surface area contributed by atoms with Crippen LogP contribution in [-0.2, 0) is 14.8 Å². The number of nitrogens with one attached hydrogen (secondary N) is 3. The van der Waals surface area contributed by atoms with Gasteiger partial charge < -0.3 is 15.4 Å². The van der Waals surface area contributed by atoms with Gasteiger partial charge in [0.15, 0.2) is 5.96 Å². The van der Waals surface area contributed by atoms with Gasteiger partial charge in [0.1, 0.15) is 4.21 Å². The molecule has 1 aromatic heterocycles. The highest BCUT2D eigenvalue weighted by atomic mass is 32.2. The molecule has 0 aromatic carbocycles. The van der Waals surface area contributed by atoms with Crippen molar-refractivity contribution in [2.45, 2.75) is 50.2 Å². The number of thiophene rings is 1. The van der Waals surface area contributed by atoms with Crippen LogP contribution in [0.25, 0.3) is 0 Å². The maximum Gasteiger partial charge on any atom is 0.250 e. The Labute approximate surface area is 173 Å². The first kappa shape index (κ1) is 23.1. The molecule has 0 bridgehead atoms. The molecule has 1 saturated carbocycles. The number of hydrogen-bond acceptors (Lipinski definition) is 5. The van der Waals surface area contributed by atoms with E-state index < -0.39 is 10.0 Å². The molecule has 28 heavy (non-hydrogen) atoms. The number of nitrogens with zero attached hydrogens (tertiary/aromatic N) is 1. The van der Waals surface area contributed by atoms with E-state index in [1.165, 1.54) is 37.0 Å². The van der Waals surface area contributed by atoms with E-state index in [4.69, 9.17) is 4.74 Å². The number of sulfonamides is 1. The molecule has 9 heteroatoms. The number of aryl methyl sites for hydroxylation is 1. The molecule has 1 fully saturated rings. The maximum atomic E-state index is 12.2. The van der Waals surface area contributed by atoms with Gasteiger partial charge in [-0.25, -0.2) is 13.1 Å². The normalized spacial score (nSPS) is 17.0. The molecule has 160 valence electrons. The zero-order chi connectivity index (χ0) is 20.5. The third kappa shape index (κ3) is 7.02. The van der Waals surface area contributed by atoms with E-state index in [1.54, 1.807) is 13.1 Å². The van der Waals surface area contributed by atoms with Crippen LogP contribution in [0.3, 0.4) is 0 Å². The Kier molecular flexibility index (Phi) is 9.20. The van der Waals surface area contributed by atoms with E-state index in [0.29, 0.717) is 23.3 Å². The van der Waals surface area contributed by atoms with Crippen molar-refractivity contribution in [3.8, 4) is 0 Å². The van der Waals surface area contributed by atoms with Crippen LogP contribution in [0.15, 0.2) is 21.3 Å². The molecular formula is C19H34N4O3S2. The Morgan fingerprint density at radius 1 is 1.25 bits per heavy atom. The topological polar surface area (TPSA) is 91.8 Å². The van der Waals surface area contributed by atoms with Crippen LogP contribution in [0.5, 0.6) is 0 Å². The van der Waals surface area contributed by atoms with Crippen molar-refractivity contribution < 1.29 is 13.2 Å². The van der Waals surface area contributed by atoms with Crippen LogP contribution >= 0.6 is 11.3 Å². The smallest absolute Gasteiger partial charge is 0.250 e. The van der Waals surface area contributed by atoms with Crippen molar-refractivity contribution >= 4 is 27.3 Å². The molecule has 7 nitrogen and oxygen atoms in total. The molecule has 1 aliphatic rings. The molecule has 0 radical (unpaired) electrons. The molecular weight excluding hydrogens is 396 g/mol. The molecule has 0 aliphatic heterocycles. The highest BCUT2D eigenvalue weighted by Crippen LogP contribution is 2.40. The molecule has 1 heterocycles. The average Bonchev–Trinajstić information content (AvgIpc) is 3.31. The molecule has 3 N–H and O–H groups in total. The molecule has 0 amide bonds. The molecule has 0 atom stereocenters. The summed E-state index contributed by atoms with van der Waals surface area (Å²) in [5.41, 5.74) is 0.269. The SMILES string of the molecule is CCOCCC1(CNC(=NC)NCCNS(=O)(=O)c2ccc(C)s2)CCCC1. The van der Waals surface area contributed by atoms with E-state index in [2.05, 4.69) is 20.3 Å². The fraction of sp³-hybridized carbons (Fsp3) is 0.737. The Morgan fingerprint density at radius 3 is 2.61 bits per heavy atom. The number of guanidine groups is 1. The minimum absolute atomic E-state index is 0.269. The van der Waals surface area contributed by atoms with E-state index >= 15 is 0 Å². The minimum atomic E-state index is -3.44. The van der Waals surface area contributed by atoms with E-state index in [1.807, 2.05) is 19.9 Å². The molecule has 0 spiro atoms. The Morgan fingerprint density at radius 2 is 2.00 bits per heavy atom. The van der Waals surface area contributed by atoms with Crippen molar-refractivity contribution in [2.24, 2.45) is 10.4 Å². The van der Waals surface area contributed by atoms with E-state index in [-0.39, 0.29) is 5.41 Å². The summed E-state index contributed by atoms with van der Waals surface area (Å²) in [6, 6.07) is 3.45. The summed E-state index contributed by atoms with van der Waals surface area (Å²) in [6.07, 6.45) is 6.02. The van der Waals surface area contributed by atoms with Crippen LogP contribution in [0.2, 0.25) is 0 Å². The largest absolute Gasteiger partial charge is 0.382 e. The van der Waals surface area contributed by atoms with Gasteiger partial charge in [0.05, 0.1) is 0 Å². The predicted octanol–water partition coefficient (Wildman–Crippen LogP) is 2.49. The van der Waals surface area contributed by atoms with Crippen molar-refractivity contribution in [2.75, 3.05) is 39.9 Å². The lowest BCUT2D eigenvalue weighted by Crippen LogP contribution is -2.45. The number of ether oxygens (including phenoxy) is 1. The molecule has 0 unspecified atom stereocenters. The van der Waals surface area contributed by atoms with Gasteiger partial charge in [0.25, 0.3) is 0 Å². The summed E-state index contributed by atoms with van der Waals surface area (Å²) in [4.78, 5) is 5.24. The molecule has 2 rings (SSSR count). The molecule has 1 aromatic rings. The summed E-state index contributed by atoms with van der Waals surface area (Å²) in [6.45, 7) is 7.11. The lowest BCUT2D eigenvalue weighted by molar-refractivity contribution is 0.105. The Bertz CT molecular complexity index is 725. The second kappa shape index (κ2) is 11.1. The Balaban J connectivity index is 1.75. The zero-order valence-electron chi connectivity index (χ0n) is 17.2. The van der Waals surface area contributed by atoms with Crippen molar-refractivity contribution in [1.29, 1.82) is 0 Å². The first-order valence-electron chi connectivity index (χ1n) is 9.99. The summed E-state index contributed by atoms with van der Waals surface area (Å²) in [5, 5.41) is 6.61. The first-order valence-corrected chi connectivity index (χ1v) is 12.3. The van der Waals surface area contributed by atoms with Crippen LogP contribution in [0, 0.1) is 12.3 Å². The second-order valence-electron chi connectivity index (χ2n) is 7.27. The third-order valence-electron chi connectivity index (χ3n) is 5.19. The fourth-order valence-corrected chi connectivity index (χ4v) is 5.92. The predicted molar refractivity (Wildman–Crippen MR) is 116 cm³/mol. The quantitative estimate of drug-likeness (QED) is 0.285. The summed E-state index contributed by atoms with van der Waals surface area (Å²) in [7, 11) is -1.71. The van der Waals surface area contributed by atoms with Crippen molar-refractivity contribution in [3.63, 3.8) is 0 Å². The zero-order valence-corrected chi connectivity index (χ0v) is 18.8. The van der Waals surface area contributed by atoms with Gasteiger partial charge >= 0.3 is 0 Å². The highest BCUT2D eigenvalue weighted by molar-refractivity contribution is 7.91. The summed E-state index contributed by atoms with van der Waals surface area (Å²) in [5.74, 6) is 0.703. The summed E-state index contributed by atoms with van der Waals surface area (Å²) < 4.78 is 33.0. The maximum absolute atomic E-state index is 12.2. The van der Waals surface area contributed by atoms with Gasteiger partial charge in [-0.15, -0.1) is 11.3 Å². The second-order valence-corrected chi connectivity index (χ2v) is 10.6. The van der Waals surface area contributed by atoms with Gasteiger partial charge in [-0.3, -0.25) is 4.99 Å². The number of rotatable bonds is 11. The van der Waals surface area contributed by atoms with Gasteiger partial charge in [0.2, 0.25) is 10.0 Å². The van der Waals surface area contributed by atoms with Gasteiger partial charge in [-0.1, -0.05) is 12.8 Å². The third-order valence-corrected chi connectivity index (χ3v) is 8.14. The van der Waals surface area contributed by atoms with Crippen molar-refractivity contribution in [1.82, 2.24) is 15.4 Å². The van der Waals surface area contributed by atoms with Gasteiger partial charge in [-0.05, 0) is 50.7 Å². The van der Waals surface area contributed by atoms with Crippen LogP contribution in [0.1, 0.15) is 43.9 Å². The van der Waals surface area contributed by atoms with E-state index in [9.17, 15) is 8.42 Å². The molecule has 0 saturated heterocycles. The van der Waals surface area contributed by atoms with E-state index in [0.717, 1.165) is 31.1 Å². The average molecular weight is 431 g/mol. The van der Waals surface area contributed by atoms with Crippen LogP contribution < -0.4 is 15.4 Å². The fourth-order valence-electron chi connectivity index (χ4n) is 3.56. The van der Waals surface area contributed by atoms with Crippen molar-refractivity contribution in [3.05, 3.63) is 17.0 Å². The lowest BCUT2D eigenvalue weighted by atomic mass is 9.83. The lowest BCUT2D eigenvalue weighted by Gasteiger charge is -2.30. The number of hydrogen-bond donors (Lipinski definition) is 3. The molecule has 1 aliphatic carbocycles. The Hall–Kier alpha value is -1.16. The summed E-state index contributed by atoms with van der Waals surface area (Å²) >= 11 is 1.28. The standard InChI is InChI=1S/C19H34N4O3S2/c1-4-26-14-11-19(9-5-6-10-19)15-22-18(20-3)21-12-13-23-28(24,25)17-8-7-16(2)27-17/h7-8,23H,4-6,9-15H2,1-3H3,(H2,20,21,22). The van der Waals surface area contributed by atoms with Crippen LogP contribution in [-0.4, -0.2) is 54.3 Å². The van der Waals surface area contributed by atoms with Gasteiger partial charge in [0, 0.05) is 44.8 Å². The number of aliphatic imine (C=N–C) groups is 1. The first-order chi connectivity index (χ1) is 13.4. The monoisotopic (exact) mass is 430 g/mol. The van der Waals surface area contributed by atoms with Crippen LogP contribution in [0.4, 0.5) is 0 Å². The minimum Gasteiger partial charge on any atom is -0.382 e. The van der Waals surface area contributed by atoms with Gasteiger partial charge in [-0.2, -0.15) is 0 Å².